The predicted octanol–water partition coefficient (Wildman–Crippen LogP) is 3.38. The third-order valence-corrected chi connectivity index (χ3v) is 1.73. The van der Waals surface area contributed by atoms with Crippen LogP contribution in [-0.2, 0) is 4.84 Å². The first-order valence-electron chi connectivity index (χ1n) is 4.77. The van der Waals surface area contributed by atoms with Crippen LogP contribution in [0.25, 0.3) is 0 Å². The standard InChI is InChI=1S/C11H13F2NO/c1-2-6-15-14-8-9-4-3-5-10(7-9)11(12)13/h3-5,7-8,11H,2,6H2,1H3. The molecule has 1 aromatic rings. The van der Waals surface area contributed by atoms with Crippen molar-refractivity contribution in [3.8, 4) is 0 Å². The minimum absolute atomic E-state index is 0.00515. The molecular weight excluding hydrogens is 200 g/mol. The second kappa shape index (κ2) is 6.11. The lowest BCUT2D eigenvalue weighted by atomic mass is 10.1. The quantitative estimate of drug-likeness (QED) is 0.417. The summed E-state index contributed by atoms with van der Waals surface area (Å²) < 4.78 is 24.6. The number of halogens is 2. The Balaban J connectivity index is 2.61. The molecule has 0 heterocycles. The molecule has 0 fully saturated rings. The Morgan fingerprint density at radius 1 is 1.47 bits per heavy atom. The van der Waals surface area contributed by atoms with Gasteiger partial charge in [-0.1, -0.05) is 30.3 Å². The maximum Gasteiger partial charge on any atom is 0.263 e. The molecule has 0 aliphatic heterocycles. The molecule has 0 bridgehead atoms. The Morgan fingerprint density at radius 3 is 2.93 bits per heavy atom. The van der Waals surface area contributed by atoms with Crippen molar-refractivity contribution in [1.82, 2.24) is 0 Å². The third kappa shape index (κ3) is 4.06. The molecule has 0 amide bonds. The molecule has 0 aromatic heterocycles. The summed E-state index contributed by atoms with van der Waals surface area (Å²) in [6, 6.07) is 6.05. The van der Waals surface area contributed by atoms with Gasteiger partial charge in [-0.05, 0) is 18.1 Å². The molecule has 4 heteroatoms. The highest BCUT2D eigenvalue weighted by atomic mass is 19.3. The van der Waals surface area contributed by atoms with E-state index in [2.05, 4.69) is 5.16 Å². The first kappa shape index (κ1) is 11.6. The van der Waals surface area contributed by atoms with Gasteiger partial charge in [-0.2, -0.15) is 0 Å². The number of rotatable bonds is 5. The molecule has 0 saturated heterocycles. The Morgan fingerprint density at radius 2 is 2.27 bits per heavy atom. The van der Waals surface area contributed by atoms with Gasteiger partial charge in [-0.3, -0.25) is 0 Å². The SMILES string of the molecule is CCCON=Cc1cccc(C(F)F)c1. The maximum absolute atomic E-state index is 12.3. The van der Waals surface area contributed by atoms with Gasteiger partial charge in [0.15, 0.2) is 0 Å². The van der Waals surface area contributed by atoms with Gasteiger partial charge in [0.05, 0.1) is 6.21 Å². The lowest BCUT2D eigenvalue weighted by Gasteiger charge is -2.00. The Kier molecular flexibility index (Phi) is 4.74. The molecule has 0 spiro atoms. The van der Waals surface area contributed by atoms with E-state index in [1.165, 1.54) is 18.3 Å². The number of hydrogen-bond acceptors (Lipinski definition) is 2. The van der Waals surface area contributed by atoms with Gasteiger partial charge in [-0.25, -0.2) is 8.78 Å². The molecule has 2 nitrogen and oxygen atoms in total. The van der Waals surface area contributed by atoms with Crippen LogP contribution in [-0.4, -0.2) is 12.8 Å². The zero-order valence-electron chi connectivity index (χ0n) is 8.49. The maximum atomic E-state index is 12.3. The van der Waals surface area contributed by atoms with Gasteiger partial charge in [0.2, 0.25) is 0 Å². The zero-order chi connectivity index (χ0) is 11.1. The number of benzene rings is 1. The van der Waals surface area contributed by atoms with Gasteiger partial charge < -0.3 is 4.84 Å². The van der Waals surface area contributed by atoms with Crippen molar-refractivity contribution in [3.63, 3.8) is 0 Å². The van der Waals surface area contributed by atoms with Crippen molar-refractivity contribution >= 4 is 6.21 Å². The van der Waals surface area contributed by atoms with Gasteiger partial charge in [0.1, 0.15) is 6.61 Å². The highest BCUT2D eigenvalue weighted by molar-refractivity contribution is 5.79. The van der Waals surface area contributed by atoms with Gasteiger partial charge in [0, 0.05) is 5.56 Å². The van der Waals surface area contributed by atoms with Crippen LogP contribution in [0.4, 0.5) is 8.78 Å². The number of nitrogens with zero attached hydrogens (tertiary/aromatic N) is 1. The molecule has 0 atom stereocenters. The summed E-state index contributed by atoms with van der Waals surface area (Å²) in [5.74, 6) is 0. The third-order valence-electron chi connectivity index (χ3n) is 1.73. The smallest absolute Gasteiger partial charge is 0.263 e. The van der Waals surface area contributed by atoms with Crippen LogP contribution in [0.5, 0.6) is 0 Å². The topological polar surface area (TPSA) is 21.6 Å². The van der Waals surface area contributed by atoms with Crippen molar-refractivity contribution in [1.29, 1.82) is 0 Å². The second-order valence-electron chi connectivity index (χ2n) is 3.04. The van der Waals surface area contributed by atoms with E-state index in [-0.39, 0.29) is 5.56 Å². The van der Waals surface area contributed by atoms with Crippen LogP contribution in [0, 0.1) is 0 Å². The molecule has 0 N–H and O–H groups in total. The molecule has 15 heavy (non-hydrogen) atoms. The van der Waals surface area contributed by atoms with Crippen molar-refractivity contribution < 1.29 is 13.6 Å². The summed E-state index contributed by atoms with van der Waals surface area (Å²) in [4.78, 5) is 4.87. The van der Waals surface area contributed by atoms with E-state index < -0.39 is 6.43 Å². The van der Waals surface area contributed by atoms with Gasteiger partial charge in [0.25, 0.3) is 6.43 Å². The van der Waals surface area contributed by atoms with Crippen LogP contribution in [0.3, 0.4) is 0 Å². The van der Waals surface area contributed by atoms with Crippen molar-refractivity contribution in [2.24, 2.45) is 5.16 Å². The summed E-state index contributed by atoms with van der Waals surface area (Å²) >= 11 is 0. The fourth-order valence-electron chi connectivity index (χ4n) is 1.02. The van der Waals surface area contributed by atoms with E-state index in [0.29, 0.717) is 12.2 Å². The van der Waals surface area contributed by atoms with Gasteiger partial charge in [-0.15, -0.1) is 0 Å². The summed E-state index contributed by atoms with van der Waals surface area (Å²) in [5, 5.41) is 3.66. The first-order valence-corrected chi connectivity index (χ1v) is 4.77. The van der Waals surface area contributed by atoms with E-state index in [1.54, 1.807) is 12.1 Å². The van der Waals surface area contributed by atoms with Crippen molar-refractivity contribution in [3.05, 3.63) is 35.4 Å². The second-order valence-corrected chi connectivity index (χ2v) is 3.04. The van der Waals surface area contributed by atoms with Crippen molar-refractivity contribution in [2.45, 2.75) is 19.8 Å². The first-order chi connectivity index (χ1) is 7.24. The van der Waals surface area contributed by atoms with Gasteiger partial charge >= 0.3 is 0 Å². The van der Waals surface area contributed by atoms with Crippen LogP contribution in [0.15, 0.2) is 29.4 Å². The lowest BCUT2D eigenvalue weighted by molar-refractivity contribution is 0.146. The molecular formula is C11H13F2NO. The van der Waals surface area contributed by atoms with Crippen molar-refractivity contribution in [2.75, 3.05) is 6.61 Å². The van der Waals surface area contributed by atoms with E-state index in [9.17, 15) is 8.78 Å². The zero-order valence-corrected chi connectivity index (χ0v) is 8.49. The number of alkyl halides is 2. The van der Waals surface area contributed by atoms with Crippen LogP contribution < -0.4 is 0 Å². The van der Waals surface area contributed by atoms with E-state index in [4.69, 9.17) is 4.84 Å². The summed E-state index contributed by atoms with van der Waals surface area (Å²) in [7, 11) is 0. The Labute approximate surface area is 87.6 Å². The van der Waals surface area contributed by atoms with Crippen LogP contribution >= 0.6 is 0 Å². The Hall–Kier alpha value is -1.45. The average molecular weight is 213 g/mol. The molecule has 0 aliphatic rings. The largest absolute Gasteiger partial charge is 0.396 e. The Bertz CT molecular complexity index is 326. The summed E-state index contributed by atoms with van der Waals surface area (Å²) in [6.07, 6.45) is -0.148. The monoisotopic (exact) mass is 213 g/mol. The molecule has 0 unspecified atom stereocenters. The number of hydrogen-bond donors (Lipinski definition) is 0. The average Bonchev–Trinajstić information content (AvgIpc) is 2.25. The minimum Gasteiger partial charge on any atom is -0.396 e. The summed E-state index contributed by atoms with van der Waals surface area (Å²) in [5.41, 5.74) is 0.610. The van der Waals surface area contributed by atoms with E-state index in [1.807, 2.05) is 6.92 Å². The summed E-state index contributed by atoms with van der Waals surface area (Å²) in [6.45, 7) is 2.50. The van der Waals surface area contributed by atoms with E-state index >= 15 is 0 Å². The molecule has 0 aliphatic carbocycles. The minimum atomic E-state index is -2.45. The lowest BCUT2D eigenvalue weighted by Crippen LogP contribution is -1.89. The van der Waals surface area contributed by atoms with Crippen LogP contribution in [0.1, 0.15) is 30.9 Å². The molecule has 0 saturated carbocycles. The molecule has 0 radical (unpaired) electrons. The highest BCUT2D eigenvalue weighted by Gasteiger charge is 2.05. The fourth-order valence-corrected chi connectivity index (χ4v) is 1.02. The van der Waals surface area contributed by atoms with E-state index in [0.717, 1.165) is 6.42 Å². The fraction of sp³-hybridized carbons (Fsp3) is 0.364. The molecule has 1 aromatic carbocycles. The molecule has 1 rings (SSSR count). The van der Waals surface area contributed by atoms with Crippen LogP contribution in [0.2, 0.25) is 0 Å². The number of oxime groups is 1. The normalized spacial score (nSPS) is 11.2. The highest BCUT2D eigenvalue weighted by Crippen LogP contribution is 2.18. The molecule has 82 valence electrons. The predicted molar refractivity (Wildman–Crippen MR) is 55.2 cm³/mol.